The van der Waals surface area contributed by atoms with Crippen molar-refractivity contribution in [1.29, 1.82) is 0 Å². The van der Waals surface area contributed by atoms with Crippen LogP contribution in [0, 0.1) is 0 Å². The van der Waals surface area contributed by atoms with Crippen molar-refractivity contribution in [2.45, 2.75) is 63.3 Å². The number of aliphatic carboxylic acids is 1. The van der Waals surface area contributed by atoms with Crippen molar-refractivity contribution in [2.24, 2.45) is 0 Å². The molecule has 0 aliphatic carbocycles. The molecule has 1 aliphatic heterocycles. The lowest BCUT2D eigenvalue weighted by Gasteiger charge is -2.41. The Morgan fingerprint density at radius 2 is 1.76 bits per heavy atom. The summed E-state index contributed by atoms with van der Waals surface area (Å²) in [4.78, 5) is 23.1. The van der Waals surface area contributed by atoms with E-state index in [-0.39, 0.29) is 18.0 Å². The van der Waals surface area contributed by atoms with E-state index in [0.717, 1.165) is 4.90 Å². The Balaban J connectivity index is 2.95. The predicted octanol–water partition coefficient (Wildman–Crippen LogP) is 0.652. The molecule has 1 aliphatic rings. The molecule has 0 unspecified atom stereocenters. The summed E-state index contributed by atoms with van der Waals surface area (Å²) in [5.41, 5.74) is -2.50. The number of β-amino-alcohol motifs (C(OH)–C–C–N with tert-alkyl or cyclic N) is 1. The molecule has 0 aromatic carbocycles. The number of hydrogen-bond donors (Lipinski definition) is 3. The van der Waals surface area contributed by atoms with Gasteiger partial charge in [-0.25, -0.2) is 9.59 Å². The first-order valence-corrected chi connectivity index (χ1v) is 8.16. The van der Waals surface area contributed by atoms with Crippen LogP contribution in [-0.4, -0.2) is 65.8 Å². The van der Waals surface area contributed by atoms with E-state index >= 15 is 0 Å². The van der Waals surface area contributed by atoms with Gasteiger partial charge >= 0.3 is 12.1 Å². The Hall–Kier alpha value is -1.12. The van der Waals surface area contributed by atoms with Crippen LogP contribution in [0.1, 0.15) is 41.0 Å². The summed E-state index contributed by atoms with van der Waals surface area (Å²) in [6.45, 7) is 9.24. The van der Waals surface area contributed by atoms with Gasteiger partial charge in [0, 0.05) is 6.42 Å². The largest absolute Gasteiger partial charge is 0.480 e. The van der Waals surface area contributed by atoms with Gasteiger partial charge in [0.1, 0.15) is 11.6 Å². The second-order valence-electron chi connectivity index (χ2n) is 7.36. The van der Waals surface area contributed by atoms with Crippen molar-refractivity contribution in [1.82, 2.24) is 4.90 Å². The molecule has 0 aromatic rings. The fraction of sp³-hybridized carbons (Fsp3) is 0.846. The Kier molecular flexibility index (Phi) is 4.76. The minimum Gasteiger partial charge on any atom is -0.480 e. The molecule has 0 aromatic heterocycles. The van der Waals surface area contributed by atoms with Crippen molar-refractivity contribution in [3.8, 4) is 0 Å². The van der Waals surface area contributed by atoms with Crippen LogP contribution >= 0.6 is 0 Å². The van der Waals surface area contributed by atoms with Crippen molar-refractivity contribution in [3.63, 3.8) is 0 Å². The predicted molar refractivity (Wildman–Crippen MR) is 79.1 cm³/mol. The minimum absolute atomic E-state index is 0.0188. The molecule has 2 atom stereocenters. The van der Waals surface area contributed by atoms with Gasteiger partial charge in [0.15, 0.2) is 9.76 Å². The Bertz CT molecular complexity index is 409. The fourth-order valence-electron chi connectivity index (χ4n) is 2.28. The second-order valence-corrected chi connectivity index (χ2v) is 10.1. The number of rotatable bonds is 4. The van der Waals surface area contributed by atoms with Gasteiger partial charge in [0.25, 0.3) is 0 Å². The number of carboxylic acid groups (broad SMARTS) is 2. The Morgan fingerprint density at radius 3 is 2.10 bits per heavy atom. The maximum absolute atomic E-state index is 11.2. The average Bonchev–Trinajstić information content (AvgIpc) is 2.66. The zero-order valence-corrected chi connectivity index (χ0v) is 14.6. The highest BCUT2D eigenvalue weighted by Gasteiger charge is 2.56. The summed E-state index contributed by atoms with van der Waals surface area (Å²) in [5.74, 6) is -1.25. The number of amides is 1. The summed E-state index contributed by atoms with van der Waals surface area (Å²) >= 11 is 0. The number of carbonyl (C=O) groups is 2. The smallest absolute Gasteiger partial charge is 0.408 e. The van der Waals surface area contributed by atoms with Crippen LogP contribution in [0.5, 0.6) is 0 Å². The maximum atomic E-state index is 11.2. The molecule has 0 bridgehead atoms. The number of hydrogen-bond acceptors (Lipinski definition) is 4. The molecule has 1 amide bonds. The van der Waals surface area contributed by atoms with E-state index in [0.29, 0.717) is 0 Å². The van der Waals surface area contributed by atoms with Crippen molar-refractivity contribution in [2.75, 3.05) is 6.54 Å². The number of aliphatic hydroxyl groups is 1. The third-order valence-corrected chi connectivity index (χ3v) is 5.59. The summed E-state index contributed by atoms with van der Waals surface area (Å²) in [6.07, 6.45) is -1.51. The van der Waals surface area contributed by atoms with Gasteiger partial charge in [-0.2, -0.15) is 0 Å². The molecule has 1 heterocycles. The monoisotopic (exact) mass is 319 g/mol. The molecule has 0 saturated carbocycles. The standard InChI is InChI=1S/C13H25NO6Si/c1-11(2,3)21-20-12(4,5)13(19)6-8(9(15)16)14(7-13)10(17)18/h8,19H,6-7,21H2,1-5H3,(H,15,16)(H,17,18)/t8-,13-/m0/s1. The van der Waals surface area contributed by atoms with E-state index < -0.39 is 39.1 Å². The zero-order chi connectivity index (χ0) is 16.6. The molecule has 122 valence electrons. The van der Waals surface area contributed by atoms with Crippen molar-refractivity contribution >= 4 is 21.8 Å². The van der Waals surface area contributed by atoms with Gasteiger partial charge in [-0.1, -0.05) is 20.8 Å². The average molecular weight is 319 g/mol. The lowest BCUT2D eigenvalue weighted by atomic mass is 9.84. The summed E-state index contributed by atoms with van der Waals surface area (Å²) < 4.78 is 5.91. The summed E-state index contributed by atoms with van der Waals surface area (Å²) in [6, 6.07) is -1.24. The molecular formula is C13H25NO6Si. The SMILES string of the molecule is CC(C)(C)[SiH2]OC(C)(C)[C@]1(O)C[C@@H](C(=O)O)N(C(=O)O)C1. The van der Waals surface area contributed by atoms with Crippen molar-refractivity contribution < 1.29 is 29.3 Å². The molecule has 3 N–H and O–H groups in total. The molecule has 1 rings (SSSR count). The minimum atomic E-state index is -1.51. The molecule has 21 heavy (non-hydrogen) atoms. The molecular weight excluding hydrogens is 294 g/mol. The number of carboxylic acids is 1. The van der Waals surface area contributed by atoms with Gasteiger partial charge in [-0.3, -0.25) is 4.90 Å². The fourth-order valence-corrected chi connectivity index (χ4v) is 3.34. The first-order valence-electron chi connectivity index (χ1n) is 6.88. The normalized spacial score (nSPS) is 27.5. The van der Waals surface area contributed by atoms with Crippen LogP contribution in [0.4, 0.5) is 4.79 Å². The third-order valence-electron chi connectivity index (χ3n) is 3.86. The Labute approximate surface area is 126 Å². The van der Waals surface area contributed by atoms with Crippen molar-refractivity contribution in [3.05, 3.63) is 0 Å². The quantitative estimate of drug-likeness (QED) is 0.657. The van der Waals surface area contributed by atoms with E-state index in [2.05, 4.69) is 0 Å². The van der Waals surface area contributed by atoms with Gasteiger partial charge < -0.3 is 19.7 Å². The maximum Gasteiger partial charge on any atom is 0.408 e. The van der Waals surface area contributed by atoms with E-state index in [1.54, 1.807) is 13.8 Å². The van der Waals surface area contributed by atoms with Gasteiger partial charge in [0.2, 0.25) is 0 Å². The first-order chi connectivity index (χ1) is 9.29. The van der Waals surface area contributed by atoms with E-state index in [1.807, 2.05) is 20.8 Å². The second kappa shape index (κ2) is 5.58. The Morgan fingerprint density at radius 1 is 1.24 bits per heavy atom. The highest BCUT2D eigenvalue weighted by molar-refractivity contribution is 6.31. The van der Waals surface area contributed by atoms with E-state index in [4.69, 9.17) is 14.6 Å². The molecule has 0 radical (unpaired) electrons. The highest BCUT2D eigenvalue weighted by atomic mass is 28.2. The van der Waals surface area contributed by atoms with E-state index in [9.17, 15) is 14.7 Å². The molecule has 0 spiro atoms. The van der Waals surface area contributed by atoms with Crippen LogP contribution in [0.15, 0.2) is 0 Å². The molecule has 7 nitrogen and oxygen atoms in total. The first kappa shape index (κ1) is 17.9. The third kappa shape index (κ3) is 3.95. The molecule has 8 heteroatoms. The summed E-state index contributed by atoms with van der Waals surface area (Å²) in [7, 11) is -0.971. The molecule has 1 fully saturated rings. The van der Waals surface area contributed by atoms with Crippen LogP contribution in [0.25, 0.3) is 0 Å². The number of likely N-dealkylation sites (tertiary alicyclic amines) is 1. The van der Waals surface area contributed by atoms with Crippen LogP contribution in [0.2, 0.25) is 5.04 Å². The van der Waals surface area contributed by atoms with Crippen LogP contribution in [0.3, 0.4) is 0 Å². The van der Waals surface area contributed by atoms with Crippen LogP contribution in [-0.2, 0) is 9.22 Å². The van der Waals surface area contributed by atoms with Crippen LogP contribution < -0.4 is 0 Å². The zero-order valence-electron chi connectivity index (χ0n) is 13.2. The number of nitrogens with zero attached hydrogens (tertiary/aromatic N) is 1. The lowest BCUT2D eigenvalue weighted by molar-refractivity contribution is -0.142. The highest BCUT2D eigenvalue weighted by Crippen LogP contribution is 2.39. The summed E-state index contributed by atoms with van der Waals surface area (Å²) in [5, 5.41) is 29.1. The van der Waals surface area contributed by atoms with E-state index in [1.165, 1.54) is 0 Å². The van der Waals surface area contributed by atoms with Gasteiger partial charge in [-0.15, -0.1) is 0 Å². The van der Waals surface area contributed by atoms with Gasteiger partial charge in [-0.05, 0) is 18.9 Å². The topological polar surface area (TPSA) is 107 Å². The van der Waals surface area contributed by atoms with Gasteiger partial charge in [0.05, 0.1) is 12.1 Å². The lowest BCUT2D eigenvalue weighted by Crippen LogP contribution is -2.55. The molecule has 1 saturated heterocycles.